The number of carboxylic acid groups (broad SMARTS) is 1. The quantitative estimate of drug-likeness (QED) is 0.783. The molecule has 0 amide bonds. The normalized spacial score (nSPS) is 13.1. The van der Waals surface area contributed by atoms with Crippen molar-refractivity contribution in [3.05, 3.63) is 35.4 Å². The van der Waals surface area contributed by atoms with E-state index in [4.69, 9.17) is 9.84 Å². The van der Waals surface area contributed by atoms with Gasteiger partial charge in [-0.25, -0.2) is 4.79 Å². The number of carboxylic acids is 1. The Bertz CT molecular complexity index is 509. The molecule has 1 N–H and O–H groups in total. The lowest BCUT2D eigenvalue weighted by molar-refractivity contribution is -0.131. The average molecular weight is 291 g/mol. The first-order valence-corrected chi connectivity index (χ1v) is 7.13. The highest BCUT2D eigenvalue weighted by Gasteiger charge is 2.15. The van der Waals surface area contributed by atoms with Crippen LogP contribution in [0.4, 0.5) is 0 Å². The average Bonchev–Trinajstić information content (AvgIpc) is 2.44. The molecule has 0 radical (unpaired) electrons. The van der Waals surface area contributed by atoms with E-state index in [9.17, 15) is 4.79 Å². The van der Waals surface area contributed by atoms with Crippen LogP contribution in [0.5, 0.6) is 5.75 Å². The largest absolute Gasteiger partial charge is 0.496 e. The van der Waals surface area contributed by atoms with Crippen molar-refractivity contribution >= 4 is 12.0 Å². The molecule has 1 aromatic carbocycles. The van der Waals surface area contributed by atoms with E-state index >= 15 is 0 Å². The summed E-state index contributed by atoms with van der Waals surface area (Å²) in [4.78, 5) is 12.9. The lowest BCUT2D eigenvalue weighted by Crippen LogP contribution is -2.32. The molecule has 4 heteroatoms. The van der Waals surface area contributed by atoms with Crippen molar-refractivity contribution in [1.82, 2.24) is 4.90 Å². The number of ether oxygens (including phenoxy) is 1. The van der Waals surface area contributed by atoms with E-state index in [1.165, 1.54) is 0 Å². The van der Waals surface area contributed by atoms with Gasteiger partial charge < -0.3 is 9.84 Å². The molecule has 0 aliphatic heterocycles. The fraction of sp³-hybridized carbons (Fsp3) is 0.471. The molecule has 21 heavy (non-hydrogen) atoms. The maximum Gasteiger partial charge on any atom is 0.328 e. The lowest BCUT2D eigenvalue weighted by atomic mass is 10.0. The minimum absolute atomic E-state index is 0.452. The van der Waals surface area contributed by atoms with Crippen LogP contribution < -0.4 is 4.74 Å². The summed E-state index contributed by atoms with van der Waals surface area (Å²) in [6.45, 7) is 7.36. The molecule has 4 nitrogen and oxygen atoms in total. The van der Waals surface area contributed by atoms with Crippen LogP contribution >= 0.6 is 0 Å². The molecular weight excluding hydrogens is 266 g/mol. The van der Waals surface area contributed by atoms with Gasteiger partial charge in [0.05, 0.1) is 7.11 Å². The molecule has 1 rings (SSSR count). The van der Waals surface area contributed by atoms with Gasteiger partial charge in [0.1, 0.15) is 5.75 Å². The van der Waals surface area contributed by atoms with Gasteiger partial charge in [-0.3, -0.25) is 4.90 Å². The smallest absolute Gasteiger partial charge is 0.328 e. The monoisotopic (exact) mass is 291 g/mol. The second-order valence-electron chi connectivity index (χ2n) is 5.64. The molecule has 1 atom stereocenters. The summed E-state index contributed by atoms with van der Waals surface area (Å²) in [6.07, 6.45) is 2.74. The number of hydrogen-bond acceptors (Lipinski definition) is 3. The summed E-state index contributed by atoms with van der Waals surface area (Å²) >= 11 is 0. The van der Waals surface area contributed by atoms with Gasteiger partial charge in [-0.15, -0.1) is 0 Å². The summed E-state index contributed by atoms with van der Waals surface area (Å²) in [6, 6.07) is 6.16. The van der Waals surface area contributed by atoms with Crippen molar-refractivity contribution in [3.63, 3.8) is 0 Å². The summed E-state index contributed by atoms with van der Waals surface area (Å²) in [5, 5.41) is 8.70. The van der Waals surface area contributed by atoms with E-state index in [1.807, 2.05) is 18.2 Å². The van der Waals surface area contributed by atoms with Gasteiger partial charge in [0.25, 0.3) is 0 Å². The second kappa shape index (κ2) is 7.84. The number of nitrogens with zero attached hydrogens (tertiary/aromatic N) is 1. The zero-order chi connectivity index (χ0) is 16.0. The zero-order valence-electron chi connectivity index (χ0n) is 13.5. The number of benzene rings is 1. The molecule has 0 fully saturated rings. The number of hydrogen-bond donors (Lipinski definition) is 1. The Kier molecular flexibility index (Phi) is 6.43. The summed E-state index contributed by atoms with van der Waals surface area (Å²) in [5.41, 5.74) is 1.92. The van der Waals surface area contributed by atoms with Crippen LogP contribution in [0, 0.1) is 5.92 Å². The molecule has 0 saturated heterocycles. The van der Waals surface area contributed by atoms with Gasteiger partial charge in [0, 0.05) is 24.2 Å². The Hall–Kier alpha value is -1.81. The van der Waals surface area contributed by atoms with E-state index < -0.39 is 5.97 Å². The van der Waals surface area contributed by atoms with E-state index in [0.29, 0.717) is 12.0 Å². The minimum atomic E-state index is -0.946. The number of aliphatic carboxylic acids is 1. The molecule has 0 aliphatic carbocycles. The molecule has 116 valence electrons. The Balaban J connectivity index is 2.97. The van der Waals surface area contributed by atoms with Crippen LogP contribution in [0.1, 0.15) is 31.9 Å². The van der Waals surface area contributed by atoms with E-state index in [0.717, 1.165) is 29.5 Å². The van der Waals surface area contributed by atoms with Crippen molar-refractivity contribution < 1.29 is 14.6 Å². The highest BCUT2D eigenvalue weighted by Crippen LogP contribution is 2.23. The Labute approximate surface area is 127 Å². The highest BCUT2D eigenvalue weighted by molar-refractivity contribution is 5.85. The van der Waals surface area contributed by atoms with Crippen LogP contribution in [0.25, 0.3) is 6.08 Å². The van der Waals surface area contributed by atoms with E-state index in [2.05, 4.69) is 32.7 Å². The number of methoxy groups -OCH3 is 1. The van der Waals surface area contributed by atoms with Crippen LogP contribution in [0.3, 0.4) is 0 Å². The number of carbonyl (C=O) groups is 1. The maximum absolute atomic E-state index is 10.6. The Morgan fingerprint density at radius 1 is 1.38 bits per heavy atom. The van der Waals surface area contributed by atoms with Gasteiger partial charge in [-0.1, -0.05) is 19.9 Å². The van der Waals surface area contributed by atoms with Gasteiger partial charge >= 0.3 is 5.97 Å². The topological polar surface area (TPSA) is 49.8 Å². The molecule has 1 unspecified atom stereocenters. The predicted molar refractivity (Wildman–Crippen MR) is 85.4 cm³/mol. The molecule has 0 aromatic heterocycles. The molecular formula is C17H25NO3. The first-order valence-electron chi connectivity index (χ1n) is 7.13. The second-order valence-corrected chi connectivity index (χ2v) is 5.64. The maximum atomic E-state index is 10.6. The minimum Gasteiger partial charge on any atom is -0.496 e. The lowest BCUT2D eigenvalue weighted by Gasteiger charge is -2.28. The molecule has 0 bridgehead atoms. The molecule has 0 spiro atoms. The highest BCUT2D eigenvalue weighted by atomic mass is 16.5. The predicted octanol–water partition coefficient (Wildman–Crippen LogP) is 3.27. The van der Waals surface area contributed by atoms with Crippen LogP contribution in [-0.4, -0.2) is 36.2 Å². The van der Waals surface area contributed by atoms with Crippen LogP contribution in [0.15, 0.2) is 24.3 Å². The van der Waals surface area contributed by atoms with Crippen molar-refractivity contribution in [3.8, 4) is 5.75 Å². The Morgan fingerprint density at radius 3 is 2.57 bits per heavy atom. The summed E-state index contributed by atoms with van der Waals surface area (Å²) in [5.74, 6) is 0.444. The SMILES string of the molecule is COc1ccc(C=CC(=O)O)cc1CN(C)C(C)C(C)C. The third kappa shape index (κ3) is 5.23. The summed E-state index contributed by atoms with van der Waals surface area (Å²) < 4.78 is 5.40. The first-order chi connectivity index (χ1) is 9.85. The third-order valence-corrected chi connectivity index (χ3v) is 3.80. The van der Waals surface area contributed by atoms with Crippen molar-refractivity contribution in [2.75, 3.05) is 14.2 Å². The van der Waals surface area contributed by atoms with Crippen molar-refractivity contribution in [2.45, 2.75) is 33.4 Å². The standard InChI is InChI=1S/C17H25NO3/c1-12(2)13(3)18(4)11-15-10-14(7-9-17(19)20)6-8-16(15)21-5/h6-10,12-13H,11H2,1-5H3,(H,19,20). The van der Waals surface area contributed by atoms with Gasteiger partial charge in [0.2, 0.25) is 0 Å². The fourth-order valence-corrected chi connectivity index (χ4v) is 2.11. The van der Waals surface area contributed by atoms with Gasteiger partial charge in [0.15, 0.2) is 0 Å². The van der Waals surface area contributed by atoms with Crippen molar-refractivity contribution in [1.29, 1.82) is 0 Å². The third-order valence-electron chi connectivity index (χ3n) is 3.80. The fourth-order valence-electron chi connectivity index (χ4n) is 2.11. The van der Waals surface area contributed by atoms with Gasteiger partial charge in [-0.05, 0) is 43.7 Å². The van der Waals surface area contributed by atoms with E-state index in [-0.39, 0.29) is 0 Å². The first kappa shape index (κ1) is 17.2. The van der Waals surface area contributed by atoms with E-state index in [1.54, 1.807) is 13.2 Å². The molecule has 0 saturated carbocycles. The molecule has 0 aliphatic rings. The van der Waals surface area contributed by atoms with Crippen molar-refractivity contribution in [2.24, 2.45) is 5.92 Å². The summed E-state index contributed by atoms with van der Waals surface area (Å²) in [7, 11) is 3.74. The Morgan fingerprint density at radius 2 is 2.05 bits per heavy atom. The zero-order valence-corrected chi connectivity index (χ0v) is 13.5. The van der Waals surface area contributed by atoms with Crippen LogP contribution in [-0.2, 0) is 11.3 Å². The number of rotatable bonds is 7. The van der Waals surface area contributed by atoms with Gasteiger partial charge in [-0.2, -0.15) is 0 Å². The van der Waals surface area contributed by atoms with Crippen LogP contribution in [0.2, 0.25) is 0 Å². The molecule has 1 aromatic rings. The molecule has 0 heterocycles.